The minimum Gasteiger partial charge on any atom is -0.497 e. The number of nitrogens with zero attached hydrogens (tertiary/aromatic N) is 2. The number of anilines is 1. The lowest BCUT2D eigenvalue weighted by Gasteiger charge is -2.32. The van der Waals surface area contributed by atoms with E-state index in [-0.39, 0.29) is 23.0 Å². The molecule has 3 aromatic rings. The zero-order chi connectivity index (χ0) is 30.2. The molecule has 0 aliphatic rings. The first-order valence-electron chi connectivity index (χ1n) is 13.5. The SMILES string of the molecule is CCCCNC(=O)[C@H](C)N(Cc1ccc(OC)cc1)C(=O)CN(c1ccc(C)c(Cl)c1)S(=O)(=O)c1ccc(C)cc1. The molecule has 0 radical (unpaired) electrons. The van der Waals surface area contributed by atoms with Crippen LogP contribution in [0.25, 0.3) is 0 Å². The van der Waals surface area contributed by atoms with Crippen molar-refractivity contribution in [3.8, 4) is 5.75 Å². The Morgan fingerprint density at radius 1 is 1.00 bits per heavy atom. The summed E-state index contributed by atoms with van der Waals surface area (Å²) in [6, 6.07) is 17.6. The van der Waals surface area contributed by atoms with Gasteiger partial charge in [-0.15, -0.1) is 0 Å². The highest BCUT2D eigenvalue weighted by atomic mass is 35.5. The summed E-state index contributed by atoms with van der Waals surface area (Å²) in [5.41, 5.74) is 2.68. The van der Waals surface area contributed by atoms with Crippen LogP contribution in [-0.4, -0.2) is 51.4 Å². The lowest BCUT2D eigenvalue weighted by molar-refractivity contribution is -0.139. The molecule has 0 saturated heterocycles. The topological polar surface area (TPSA) is 96.0 Å². The molecule has 0 aliphatic carbocycles. The van der Waals surface area contributed by atoms with Crippen LogP contribution in [-0.2, 0) is 26.2 Å². The van der Waals surface area contributed by atoms with Gasteiger partial charge < -0.3 is 15.0 Å². The van der Waals surface area contributed by atoms with E-state index in [9.17, 15) is 18.0 Å². The van der Waals surface area contributed by atoms with Crippen molar-refractivity contribution in [3.63, 3.8) is 0 Å². The van der Waals surface area contributed by atoms with Crippen LogP contribution in [0.5, 0.6) is 5.75 Å². The molecule has 0 aromatic heterocycles. The third kappa shape index (κ3) is 8.24. The minimum absolute atomic E-state index is 0.0414. The number of unbranched alkanes of at least 4 members (excludes halogenated alkanes) is 1. The molecular weight excluding hydrogens is 562 g/mol. The second kappa shape index (κ2) is 14.4. The molecule has 0 aliphatic heterocycles. The van der Waals surface area contributed by atoms with Crippen LogP contribution in [0.3, 0.4) is 0 Å². The average Bonchev–Trinajstić information content (AvgIpc) is 2.96. The first-order chi connectivity index (χ1) is 19.5. The Labute approximate surface area is 248 Å². The number of amides is 2. The Morgan fingerprint density at radius 3 is 2.24 bits per heavy atom. The van der Waals surface area contributed by atoms with Crippen molar-refractivity contribution in [2.45, 2.75) is 58.0 Å². The maximum Gasteiger partial charge on any atom is 0.264 e. The predicted molar refractivity (Wildman–Crippen MR) is 163 cm³/mol. The fourth-order valence-corrected chi connectivity index (χ4v) is 5.73. The summed E-state index contributed by atoms with van der Waals surface area (Å²) < 4.78 is 34.1. The third-order valence-electron chi connectivity index (χ3n) is 6.84. The van der Waals surface area contributed by atoms with E-state index < -0.39 is 28.5 Å². The van der Waals surface area contributed by atoms with Gasteiger partial charge in [0, 0.05) is 18.1 Å². The molecule has 3 rings (SSSR count). The summed E-state index contributed by atoms with van der Waals surface area (Å²) in [5.74, 6) is -0.193. The fraction of sp³-hybridized carbons (Fsp3) is 0.355. The lowest BCUT2D eigenvalue weighted by Crippen LogP contribution is -2.51. The Bertz CT molecular complexity index is 1440. The van der Waals surface area contributed by atoms with Crippen LogP contribution in [0.1, 0.15) is 43.4 Å². The summed E-state index contributed by atoms with van der Waals surface area (Å²) >= 11 is 6.38. The molecule has 1 N–H and O–H groups in total. The Hall–Kier alpha value is -3.56. The second-order valence-electron chi connectivity index (χ2n) is 9.95. The second-order valence-corrected chi connectivity index (χ2v) is 12.2. The van der Waals surface area contributed by atoms with Gasteiger partial charge in [-0.25, -0.2) is 8.42 Å². The van der Waals surface area contributed by atoms with Crippen molar-refractivity contribution in [3.05, 3.63) is 88.4 Å². The van der Waals surface area contributed by atoms with Gasteiger partial charge in [-0.1, -0.05) is 60.8 Å². The number of carbonyl (C=O) groups excluding carboxylic acids is 2. The monoisotopic (exact) mass is 599 g/mol. The third-order valence-corrected chi connectivity index (χ3v) is 9.04. The molecule has 3 aromatic carbocycles. The highest BCUT2D eigenvalue weighted by Gasteiger charge is 2.32. The zero-order valence-corrected chi connectivity index (χ0v) is 25.8. The quantitative estimate of drug-likeness (QED) is 0.262. The predicted octanol–water partition coefficient (Wildman–Crippen LogP) is 5.49. The van der Waals surface area contributed by atoms with E-state index >= 15 is 0 Å². The fourth-order valence-electron chi connectivity index (χ4n) is 4.15. The van der Waals surface area contributed by atoms with Crippen LogP contribution in [0.15, 0.2) is 71.6 Å². The van der Waals surface area contributed by atoms with Crippen LogP contribution < -0.4 is 14.4 Å². The number of benzene rings is 3. The maximum atomic E-state index is 14.0. The smallest absolute Gasteiger partial charge is 0.264 e. The summed E-state index contributed by atoms with van der Waals surface area (Å²) in [6.45, 7) is 7.39. The molecule has 1 atom stereocenters. The van der Waals surface area contributed by atoms with Crippen molar-refractivity contribution in [2.75, 3.05) is 24.5 Å². The first kappa shape index (κ1) is 32.0. The number of halogens is 1. The Balaban J connectivity index is 2.02. The number of ether oxygens (including phenoxy) is 1. The lowest BCUT2D eigenvalue weighted by atomic mass is 10.1. The minimum atomic E-state index is -4.16. The van der Waals surface area contributed by atoms with Gasteiger partial charge in [0.1, 0.15) is 18.3 Å². The number of methoxy groups -OCH3 is 1. The molecule has 0 bridgehead atoms. The van der Waals surface area contributed by atoms with Gasteiger partial charge in [-0.05, 0) is 74.7 Å². The summed E-state index contributed by atoms with van der Waals surface area (Å²) in [4.78, 5) is 28.5. The van der Waals surface area contributed by atoms with E-state index in [1.165, 1.54) is 23.1 Å². The molecular formula is C31H38ClN3O5S. The first-order valence-corrected chi connectivity index (χ1v) is 15.4. The van der Waals surface area contributed by atoms with Crippen LogP contribution >= 0.6 is 11.6 Å². The van der Waals surface area contributed by atoms with Crippen LogP contribution in [0.2, 0.25) is 5.02 Å². The summed E-state index contributed by atoms with van der Waals surface area (Å²) in [5, 5.41) is 3.25. The number of hydrogen-bond donors (Lipinski definition) is 1. The molecule has 0 saturated carbocycles. The standard InChI is InChI=1S/C31H38ClN3O5S/c1-6-7-18-33-31(37)24(4)34(20-25-11-14-27(40-5)15-12-25)30(36)21-35(26-13-10-23(3)29(32)19-26)41(38,39)28-16-8-22(2)9-17-28/h8-17,19,24H,6-7,18,20-21H2,1-5H3,(H,33,37)/t24-/m0/s1. The van der Waals surface area contributed by atoms with Crippen LogP contribution in [0, 0.1) is 13.8 Å². The molecule has 0 fully saturated rings. The highest BCUT2D eigenvalue weighted by Crippen LogP contribution is 2.29. The molecule has 220 valence electrons. The number of sulfonamides is 1. The van der Waals surface area contributed by atoms with Crippen molar-refractivity contribution in [2.24, 2.45) is 0 Å². The van der Waals surface area contributed by atoms with E-state index in [0.29, 0.717) is 17.3 Å². The van der Waals surface area contributed by atoms with E-state index in [4.69, 9.17) is 16.3 Å². The van der Waals surface area contributed by atoms with Crippen molar-refractivity contribution in [1.29, 1.82) is 0 Å². The summed E-state index contributed by atoms with van der Waals surface area (Å²) in [6.07, 6.45) is 1.72. The van der Waals surface area contributed by atoms with Crippen molar-refractivity contribution >= 4 is 39.1 Å². The molecule has 10 heteroatoms. The summed E-state index contributed by atoms with van der Waals surface area (Å²) in [7, 11) is -2.60. The van der Waals surface area contributed by atoms with Gasteiger partial charge in [0.25, 0.3) is 10.0 Å². The number of hydrogen-bond acceptors (Lipinski definition) is 5. The largest absolute Gasteiger partial charge is 0.497 e. The molecule has 2 amide bonds. The van der Waals surface area contributed by atoms with Gasteiger partial charge in [-0.3, -0.25) is 13.9 Å². The molecule has 0 unspecified atom stereocenters. The van der Waals surface area contributed by atoms with E-state index in [1.54, 1.807) is 62.6 Å². The normalized spacial score (nSPS) is 12.0. The number of nitrogens with one attached hydrogen (secondary N) is 1. The van der Waals surface area contributed by atoms with E-state index in [0.717, 1.165) is 33.8 Å². The molecule has 8 nitrogen and oxygen atoms in total. The van der Waals surface area contributed by atoms with Crippen molar-refractivity contribution in [1.82, 2.24) is 10.2 Å². The molecule has 0 heterocycles. The van der Waals surface area contributed by atoms with Gasteiger partial charge in [0.15, 0.2) is 0 Å². The van der Waals surface area contributed by atoms with Gasteiger partial charge >= 0.3 is 0 Å². The molecule has 0 spiro atoms. The van der Waals surface area contributed by atoms with Crippen molar-refractivity contribution < 1.29 is 22.7 Å². The highest BCUT2D eigenvalue weighted by molar-refractivity contribution is 7.92. The Kier molecular flexibility index (Phi) is 11.2. The van der Waals surface area contributed by atoms with Gasteiger partial charge in [-0.2, -0.15) is 0 Å². The van der Waals surface area contributed by atoms with E-state index in [1.807, 2.05) is 20.8 Å². The number of carbonyl (C=O) groups is 2. The maximum absolute atomic E-state index is 14.0. The number of rotatable bonds is 13. The number of aryl methyl sites for hydroxylation is 2. The van der Waals surface area contributed by atoms with Gasteiger partial charge in [0.2, 0.25) is 11.8 Å². The van der Waals surface area contributed by atoms with Crippen LogP contribution in [0.4, 0.5) is 5.69 Å². The zero-order valence-electron chi connectivity index (χ0n) is 24.2. The molecule has 41 heavy (non-hydrogen) atoms. The average molecular weight is 600 g/mol. The van der Waals surface area contributed by atoms with Gasteiger partial charge in [0.05, 0.1) is 17.7 Å². The van der Waals surface area contributed by atoms with E-state index in [2.05, 4.69) is 5.32 Å². The Morgan fingerprint density at radius 2 is 1.66 bits per heavy atom.